The van der Waals surface area contributed by atoms with Crippen LogP contribution in [0.2, 0.25) is 0 Å². The third-order valence-electron chi connectivity index (χ3n) is 4.79. The van der Waals surface area contributed by atoms with E-state index < -0.39 is 0 Å². The van der Waals surface area contributed by atoms with Gasteiger partial charge in [-0.25, -0.2) is 0 Å². The summed E-state index contributed by atoms with van der Waals surface area (Å²) >= 11 is 7.44. The molecule has 0 bridgehead atoms. The van der Waals surface area contributed by atoms with Gasteiger partial charge in [-0.3, -0.25) is 0 Å². The maximum atomic E-state index is 3.76. The predicted molar refractivity (Wildman–Crippen MR) is 87.3 cm³/mol. The number of rotatable bonds is 4. The van der Waals surface area contributed by atoms with Crippen LogP contribution in [0.15, 0.2) is 21.1 Å². The first-order valence-corrected chi connectivity index (χ1v) is 8.87. The summed E-state index contributed by atoms with van der Waals surface area (Å²) in [5, 5.41) is 3.72. The highest BCUT2D eigenvalue weighted by Gasteiger charge is 2.48. The molecule has 3 unspecified atom stereocenters. The van der Waals surface area contributed by atoms with Gasteiger partial charge in [-0.05, 0) is 73.7 Å². The lowest BCUT2D eigenvalue weighted by molar-refractivity contribution is 0.345. The quantitative estimate of drug-likeness (QED) is 0.748. The number of hydrogen-bond donors (Lipinski definition) is 1. The number of hydrogen-bond acceptors (Lipinski definition) is 1. The van der Waals surface area contributed by atoms with Crippen LogP contribution in [0.1, 0.15) is 43.4 Å². The Kier molecular flexibility index (Phi) is 4.08. The van der Waals surface area contributed by atoms with Gasteiger partial charge in [0.1, 0.15) is 0 Å². The van der Waals surface area contributed by atoms with Crippen LogP contribution in [0.3, 0.4) is 0 Å². The third kappa shape index (κ3) is 2.79. The molecule has 3 heteroatoms. The monoisotopic (exact) mass is 385 g/mol. The normalized spacial score (nSPS) is 30.2. The molecule has 0 aliphatic heterocycles. The van der Waals surface area contributed by atoms with Gasteiger partial charge in [0.2, 0.25) is 0 Å². The first-order chi connectivity index (χ1) is 9.10. The van der Waals surface area contributed by atoms with Crippen molar-refractivity contribution >= 4 is 31.9 Å². The molecule has 2 aliphatic rings. The van der Waals surface area contributed by atoms with Gasteiger partial charge >= 0.3 is 0 Å². The highest BCUT2D eigenvalue weighted by atomic mass is 79.9. The summed E-state index contributed by atoms with van der Waals surface area (Å²) in [6.07, 6.45) is 4.33. The van der Waals surface area contributed by atoms with Crippen LogP contribution in [0, 0.1) is 24.7 Å². The molecule has 0 saturated heterocycles. The molecular formula is C16H21Br2N. The molecule has 1 aromatic rings. The van der Waals surface area contributed by atoms with Gasteiger partial charge in [0.15, 0.2) is 0 Å². The Labute approximate surface area is 132 Å². The Morgan fingerprint density at radius 3 is 2.47 bits per heavy atom. The second kappa shape index (κ2) is 5.50. The van der Waals surface area contributed by atoms with Crippen molar-refractivity contribution in [3.8, 4) is 0 Å². The maximum absolute atomic E-state index is 3.76. The lowest BCUT2D eigenvalue weighted by Gasteiger charge is -2.27. The van der Waals surface area contributed by atoms with Gasteiger partial charge in [0.25, 0.3) is 0 Å². The van der Waals surface area contributed by atoms with Crippen LogP contribution >= 0.6 is 31.9 Å². The zero-order valence-corrected chi connectivity index (χ0v) is 14.7. The molecule has 19 heavy (non-hydrogen) atoms. The SMILES string of the molecule is CCNC(c1cc(Br)c(C)cc1Br)C1CC2CC2C1. The lowest BCUT2D eigenvalue weighted by atomic mass is 9.88. The molecule has 0 heterocycles. The summed E-state index contributed by atoms with van der Waals surface area (Å²) in [6.45, 7) is 5.39. The Hall–Kier alpha value is 0.140. The highest BCUT2D eigenvalue weighted by Crippen LogP contribution is 2.57. The van der Waals surface area contributed by atoms with Crippen molar-refractivity contribution in [3.63, 3.8) is 0 Å². The van der Waals surface area contributed by atoms with E-state index in [-0.39, 0.29) is 0 Å². The summed E-state index contributed by atoms with van der Waals surface area (Å²) in [4.78, 5) is 0. The molecular weight excluding hydrogens is 366 g/mol. The zero-order chi connectivity index (χ0) is 13.6. The van der Waals surface area contributed by atoms with E-state index in [2.05, 4.69) is 63.2 Å². The molecule has 0 aromatic heterocycles. The standard InChI is InChI=1S/C16H21Br2N/c1-3-19-16(12-6-10-5-11(10)7-12)13-8-14(17)9(2)4-15(13)18/h4,8,10-12,16,19H,3,5-7H2,1-2H3. The van der Waals surface area contributed by atoms with Crippen LogP contribution in [-0.2, 0) is 0 Å². The molecule has 0 amide bonds. The summed E-state index contributed by atoms with van der Waals surface area (Å²) in [7, 11) is 0. The Morgan fingerprint density at radius 1 is 1.16 bits per heavy atom. The van der Waals surface area contributed by atoms with Crippen molar-refractivity contribution in [2.45, 2.75) is 39.2 Å². The van der Waals surface area contributed by atoms with Gasteiger partial charge in [0.05, 0.1) is 0 Å². The molecule has 0 radical (unpaired) electrons. The number of nitrogens with one attached hydrogen (secondary N) is 1. The molecule has 3 rings (SSSR count). The maximum Gasteiger partial charge on any atom is 0.0360 e. The van der Waals surface area contributed by atoms with E-state index in [1.807, 2.05) is 0 Å². The van der Waals surface area contributed by atoms with Gasteiger partial charge in [-0.2, -0.15) is 0 Å². The van der Waals surface area contributed by atoms with Crippen molar-refractivity contribution in [3.05, 3.63) is 32.2 Å². The Balaban J connectivity index is 1.88. The van der Waals surface area contributed by atoms with Gasteiger partial charge in [-0.1, -0.05) is 38.8 Å². The van der Waals surface area contributed by atoms with E-state index in [4.69, 9.17) is 0 Å². The van der Waals surface area contributed by atoms with Gasteiger partial charge in [0, 0.05) is 15.0 Å². The van der Waals surface area contributed by atoms with Gasteiger partial charge in [-0.15, -0.1) is 0 Å². The van der Waals surface area contributed by atoms with Crippen LogP contribution in [0.5, 0.6) is 0 Å². The topological polar surface area (TPSA) is 12.0 Å². The molecule has 1 N–H and O–H groups in total. The summed E-state index contributed by atoms with van der Waals surface area (Å²) in [5.74, 6) is 2.90. The Morgan fingerprint density at radius 2 is 1.84 bits per heavy atom. The fourth-order valence-electron chi connectivity index (χ4n) is 3.68. The third-order valence-corrected chi connectivity index (χ3v) is 6.33. The van der Waals surface area contributed by atoms with E-state index in [9.17, 15) is 0 Å². The highest BCUT2D eigenvalue weighted by molar-refractivity contribution is 9.11. The number of fused-ring (bicyclic) bond motifs is 1. The first kappa shape index (κ1) is 14.1. The predicted octanol–water partition coefficient (Wildman–Crippen LogP) is 5.22. The molecule has 1 aromatic carbocycles. The smallest absolute Gasteiger partial charge is 0.0360 e. The van der Waals surface area contributed by atoms with Crippen molar-refractivity contribution < 1.29 is 0 Å². The minimum atomic E-state index is 0.504. The largest absolute Gasteiger partial charge is 0.310 e. The minimum Gasteiger partial charge on any atom is -0.310 e. The summed E-state index contributed by atoms with van der Waals surface area (Å²) < 4.78 is 2.47. The fourth-order valence-corrected chi connectivity index (χ4v) is 4.75. The molecule has 2 fully saturated rings. The van der Waals surface area contributed by atoms with Crippen LogP contribution in [0.4, 0.5) is 0 Å². The molecule has 2 aliphatic carbocycles. The molecule has 2 saturated carbocycles. The lowest BCUT2D eigenvalue weighted by Crippen LogP contribution is -2.28. The number of halogens is 2. The van der Waals surface area contributed by atoms with Crippen molar-refractivity contribution in [1.29, 1.82) is 0 Å². The van der Waals surface area contributed by atoms with Crippen molar-refractivity contribution in [2.75, 3.05) is 6.54 Å². The minimum absolute atomic E-state index is 0.504. The fraction of sp³-hybridized carbons (Fsp3) is 0.625. The van der Waals surface area contributed by atoms with Gasteiger partial charge < -0.3 is 5.32 Å². The van der Waals surface area contributed by atoms with Crippen LogP contribution in [0.25, 0.3) is 0 Å². The summed E-state index contributed by atoms with van der Waals surface area (Å²) in [6, 6.07) is 5.04. The molecule has 0 spiro atoms. The van der Waals surface area contributed by atoms with E-state index in [1.54, 1.807) is 0 Å². The average Bonchev–Trinajstić information content (AvgIpc) is 2.98. The van der Waals surface area contributed by atoms with E-state index in [0.29, 0.717) is 6.04 Å². The molecule has 1 nitrogen and oxygen atoms in total. The van der Waals surface area contributed by atoms with E-state index in [0.717, 1.165) is 24.3 Å². The molecule has 104 valence electrons. The van der Waals surface area contributed by atoms with Crippen molar-refractivity contribution in [2.24, 2.45) is 17.8 Å². The van der Waals surface area contributed by atoms with E-state index in [1.165, 1.54) is 39.3 Å². The number of benzene rings is 1. The zero-order valence-electron chi connectivity index (χ0n) is 11.5. The average molecular weight is 387 g/mol. The van der Waals surface area contributed by atoms with Crippen LogP contribution < -0.4 is 5.32 Å². The van der Waals surface area contributed by atoms with Crippen molar-refractivity contribution in [1.82, 2.24) is 5.32 Å². The second-order valence-corrected chi connectivity index (χ2v) is 7.85. The second-order valence-electron chi connectivity index (χ2n) is 6.15. The summed E-state index contributed by atoms with van der Waals surface area (Å²) in [5.41, 5.74) is 2.71. The Bertz CT molecular complexity index is 476. The first-order valence-electron chi connectivity index (χ1n) is 7.29. The van der Waals surface area contributed by atoms with E-state index >= 15 is 0 Å². The molecule has 3 atom stereocenters. The number of aryl methyl sites for hydroxylation is 1. The van der Waals surface area contributed by atoms with Crippen LogP contribution in [-0.4, -0.2) is 6.54 Å².